The van der Waals surface area contributed by atoms with E-state index in [0.29, 0.717) is 16.5 Å². The number of amides is 1. The summed E-state index contributed by atoms with van der Waals surface area (Å²) in [4.78, 5) is 15.3. The maximum atomic E-state index is 12.3. The minimum absolute atomic E-state index is 0.335. The zero-order chi connectivity index (χ0) is 16.2. The van der Waals surface area contributed by atoms with Crippen LogP contribution in [-0.4, -0.2) is 24.2 Å². The third-order valence-corrected chi connectivity index (χ3v) is 3.59. The second-order valence-corrected chi connectivity index (χ2v) is 5.27. The van der Waals surface area contributed by atoms with Gasteiger partial charge in [-0.05, 0) is 29.8 Å². The number of aromatic nitrogens is 1. The van der Waals surface area contributed by atoms with E-state index in [1.807, 2.05) is 36.4 Å². The number of para-hydroxylation sites is 1. The van der Waals surface area contributed by atoms with E-state index in [-0.39, 0.29) is 5.91 Å². The van der Waals surface area contributed by atoms with E-state index in [0.717, 1.165) is 16.5 Å². The van der Waals surface area contributed by atoms with Crippen LogP contribution in [0.25, 0.3) is 10.9 Å². The van der Waals surface area contributed by atoms with E-state index < -0.39 is 0 Å². The highest BCUT2D eigenvalue weighted by Gasteiger charge is 2.17. The van der Waals surface area contributed by atoms with Gasteiger partial charge in [0.05, 0.1) is 13.3 Å². The standard InChI is InChI=1S/C17H14ClN3O2/c1-23-16-13-4-2-3-5-14(13)20-15(16)17(22)21-19-10-11-6-8-12(18)9-7-11/h2-10,20H,1H3,(H,21,22). The molecule has 6 heteroatoms. The van der Waals surface area contributed by atoms with Crippen LogP contribution in [0, 0.1) is 0 Å². The number of hydrogen-bond acceptors (Lipinski definition) is 3. The van der Waals surface area contributed by atoms with Crippen molar-refractivity contribution in [3.8, 4) is 5.75 Å². The van der Waals surface area contributed by atoms with E-state index in [1.165, 1.54) is 7.11 Å². The molecule has 0 spiro atoms. The molecule has 5 nitrogen and oxygen atoms in total. The number of H-pyrrole nitrogens is 1. The van der Waals surface area contributed by atoms with Gasteiger partial charge in [-0.1, -0.05) is 35.9 Å². The van der Waals surface area contributed by atoms with Crippen molar-refractivity contribution in [1.29, 1.82) is 0 Å². The number of rotatable bonds is 4. The first-order valence-electron chi connectivity index (χ1n) is 6.92. The number of fused-ring (bicyclic) bond motifs is 1. The molecule has 0 aliphatic rings. The lowest BCUT2D eigenvalue weighted by atomic mass is 10.2. The van der Waals surface area contributed by atoms with Crippen molar-refractivity contribution in [2.45, 2.75) is 0 Å². The number of ether oxygens (including phenoxy) is 1. The molecular formula is C17H14ClN3O2. The van der Waals surface area contributed by atoms with Crippen molar-refractivity contribution in [2.75, 3.05) is 7.11 Å². The Morgan fingerprint density at radius 2 is 1.96 bits per heavy atom. The highest BCUT2D eigenvalue weighted by atomic mass is 35.5. The molecule has 0 atom stereocenters. The van der Waals surface area contributed by atoms with Gasteiger partial charge in [0.2, 0.25) is 0 Å². The summed E-state index contributed by atoms with van der Waals surface area (Å²) >= 11 is 5.82. The number of carbonyl (C=O) groups excluding carboxylic acids is 1. The molecule has 0 unspecified atom stereocenters. The first-order chi connectivity index (χ1) is 11.2. The van der Waals surface area contributed by atoms with Gasteiger partial charge in [0.15, 0.2) is 5.75 Å². The fourth-order valence-corrected chi connectivity index (χ4v) is 2.38. The van der Waals surface area contributed by atoms with E-state index in [1.54, 1.807) is 18.3 Å². The second kappa shape index (κ2) is 6.54. The Bertz CT molecular complexity index is 869. The van der Waals surface area contributed by atoms with Gasteiger partial charge in [0.1, 0.15) is 5.69 Å². The number of nitrogens with one attached hydrogen (secondary N) is 2. The van der Waals surface area contributed by atoms with Gasteiger partial charge in [-0.15, -0.1) is 0 Å². The Hall–Kier alpha value is -2.79. The van der Waals surface area contributed by atoms with Crippen LogP contribution in [0.5, 0.6) is 5.75 Å². The van der Waals surface area contributed by atoms with Crippen LogP contribution in [0.1, 0.15) is 16.1 Å². The number of nitrogens with zero attached hydrogens (tertiary/aromatic N) is 1. The zero-order valence-corrected chi connectivity index (χ0v) is 13.1. The molecule has 23 heavy (non-hydrogen) atoms. The molecule has 2 N–H and O–H groups in total. The molecule has 116 valence electrons. The van der Waals surface area contributed by atoms with Gasteiger partial charge in [-0.3, -0.25) is 4.79 Å². The Labute approximate surface area is 137 Å². The monoisotopic (exact) mass is 327 g/mol. The Morgan fingerprint density at radius 1 is 1.22 bits per heavy atom. The predicted molar refractivity (Wildman–Crippen MR) is 91.4 cm³/mol. The van der Waals surface area contributed by atoms with Crippen molar-refractivity contribution in [3.05, 3.63) is 64.8 Å². The van der Waals surface area contributed by atoms with Crippen molar-refractivity contribution < 1.29 is 9.53 Å². The summed E-state index contributed by atoms with van der Waals surface area (Å²) in [5.74, 6) is 0.128. The minimum atomic E-state index is -0.372. The van der Waals surface area contributed by atoms with Crippen LogP contribution in [0.3, 0.4) is 0 Å². The predicted octanol–water partition coefficient (Wildman–Crippen LogP) is 3.59. The van der Waals surface area contributed by atoms with E-state index in [9.17, 15) is 4.79 Å². The molecule has 2 aromatic carbocycles. The molecule has 0 bridgehead atoms. The lowest BCUT2D eigenvalue weighted by Gasteiger charge is -2.01. The third kappa shape index (κ3) is 3.19. The maximum Gasteiger partial charge on any atom is 0.291 e. The Balaban J connectivity index is 1.79. The number of benzene rings is 2. The normalized spacial score (nSPS) is 11.0. The zero-order valence-electron chi connectivity index (χ0n) is 12.3. The molecule has 3 aromatic rings. The summed E-state index contributed by atoms with van der Waals surface area (Å²) in [6, 6.07) is 14.7. The summed E-state index contributed by atoms with van der Waals surface area (Å²) in [7, 11) is 1.53. The molecule has 3 rings (SSSR count). The molecule has 0 aliphatic heterocycles. The lowest BCUT2D eigenvalue weighted by Crippen LogP contribution is -2.18. The Morgan fingerprint density at radius 3 is 2.70 bits per heavy atom. The van der Waals surface area contributed by atoms with Crippen LogP contribution >= 0.6 is 11.6 Å². The summed E-state index contributed by atoms with van der Waals surface area (Å²) in [6.07, 6.45) is 1.54. The SMILES string of the molecule is COc1c(C(=O)NN=Cc2ccc(Cl)cc2)[nH]c2ccccc12. The minimum Gasteiger partial charge on any atom is -0.494 e. The van der Waals surface area contributed by atoms with E-state index in [2.05, 4.69) is 15.5 Å². The summed E-state index contributed by atoms with van der Waals surface area (Å²) < 4.78 is 5.34. The van der Waals surface area contributed by atoms with Crippen LogP contribution in [0.4, 0.5) is 0 Å². The topological polar surface area (TPSA) is 66.5 Å². The van der Waals surface area contributed by atoms with Crippen molar-refractivity contribution in [1.82, 2.24) is 10.4 Å². The van der Waals surface area contributed by atoms with Gasteiger partial charge in [-0.25, -0.2) is 5.43 Å². The molecule has 0 radical (unpaired) electrons. The van der Waals surface area contributed by atoms with Crippen LogP contribution < -0.4 is 10.2 Å². The highest BCUT2D eigenvalue weighted by molar-refractivity contribution is 6.30. The largest absolute Gasteiger partial charge is 0.494 e. The van der Waals surface area contributed by atoms with E-state index in [4.69, 9.17) is 16.3 Å². The van der Waals surface area contributed by atoms with Gasteiger partial charge >= 0.3 is 0 Å². The van der Waals surface area contributed by atoms with Gasteiger partial charge in [-0.2, -0.15) is 5.10 Å². The summed E-state index contributed by atoms with van der Waals surface area (Å²) in [6.45, 7) is 0. The van der Waals surface area contributed by atoms with Gasteiger partial charge in [0, 0.05) is 15.9 Å². The molecule has 0 saturated carbocycles. The van der Waals surface area contributed by atoms with E-state index >= 15 is 0 Å². The fourth-order valence-electron chi connectivity index (χ4n) is 2.26. The summed E-state index contributed by atoms with van der Waals surface area (Å²) in [5, 5.41) is 5.45. The van der Waals surface area contributed by atoms with Crippen LogP contribution in [-0.2, 0) is 0 Å². The molecule has 1 aromatic heterocycles. The molecule has 1 heterocycles. The highest BCUT2D eigenvalue weighted by Crippen LogP contribution is 2.29. The molecule has 1 amide bonds. The van der Waals surface area contributed by atoms with Gasteiger partial charge in [0.25, 0.3) is 5.91 Å². The average molecular weight is 328 g/mol. The first kappa shape index (κ1) is 15.1. The number of halogens is 1. The number of aromatic amines is 1. The van der Waals surface area contributed by atoms with Crippen molar-refractivity contribution in [3.63, 3.8) is 0 Å². The number of methoxy groups -OCH3 is 1. The molecule has 0 aliphatic carbocycles. The number of carbonyl (C=O) groups is 1. The second-order valence-electron chi connectivity index (χ2n) is 4.83. The molecule has 0 fully saturated rings. The molecule has 0 saturated heterocycles. The van der Waals surface area contributed by atoms with Crippen LogP contribution in [0.15, 0.2) is 53.6 Å². The maximum absolute atomic E-state index is 12.3. The van der Waals surface area contributed by atoms with Crippen LogP contribution in [0.2, 0.25) is 5.02 Å². The fraction of sp³-hybridized carbons (Fsp3) is 0.0588. The van der Waals surface area contributed by atoms with Crippen molar-refractivity contribution >= 4 is 34.6 Å². The third-order valence-electron chi connectivity index (χ3n) is 3.34. The number of hydrogen-bond donors (Lipinski definition) is 2. The molecular weight excluding hydrogens is 314 g/mol. The quantitative estimate of drug-likeness (QED) is 0.568. The number of hydrazone groups is 1. The van der Waals surface area contributed by atoms with Crippen molar-refractivity contribution in [2.24, 2.45) is 5.10 Å². The lowest BCUT2D eigenvalue weighted by molar-refractivity contribution is 0.0948. The summed E-state index contributed by atoms with van der Waals surface area (Å²) in [5.41, 5.74) is 4.48. The smallest absolute Gasteiger partial charge is 0.291 e. The van der Waals surface area contributed by atoms with Gasteiger partial charge < -0.3 is 9.72 Å². The Kier molecular flexibility index (Phi) is 4.30. The first-order valence-corrected chi connectivity index (χ1v) is 7.30. The average Bonchev–Trinajstić information content (AvgIpc) is 2.95.